The van der Waals surface area contributed by atoms with Crippen LogP contribution in [0.5, 0.6) is 0 Å². The zero-order valence-electron chi connectivity index (χ0n) is 20.3. The maximum absolute atomic E-state index is 14.0. The lowest BCUT2D eigenvalue weighted by molar-refractivity contribution is -0.121. The summed E-state index contributed by atoms with van der Waals surface area (Å²) in [5, 5.41) is 16.6. The Morgan fingerprint density at radius 1 is 1.18 bits per heavy atom. The molecule has 1 aliphatic heterocycles. The molecule has 0 bridgehead atoms. The summed E-state index contributed by atoms with van der Waals surface area (Å²) in [4.78, 5) is 21.9. The van der Waals surface area contributed by atoms with Crippen molar-refractivity contribution >= 4 is 17.5 Å². The number of hydrogen-bond donors (Lipinski definition) is 3. The van der Waals surface area contributed by atoms with Crippen LogP contribution in [-0.2, 0) is 11.2 Å². The molecule has 2 aromatic carbocycles. The number of nitrogens with one attached hydrogen (secondary N) is 2. The third-order valence-corrected chi connectivity index (χ3v) is 6.06. The molecule has 38 heavy (non-hydrogen) atoms. The molecule has 1 amide bonds. The Kier molecular flexibility index (Phi) is 8.66. The Bertz CT molecular complexity index is 1410. The van der Waals surface area contributed by atoms with Gasteiger partial charge in [0.2, 0.25) is 5.91 Å². The Balaban J connectivity index is 1.67. The molecule has 194 valence electrons. The van der Waals surface area contributed by atoms with E-state index in [-0.39, 0.29) is 24.5 Å². The quantitative estimate of drug-likeness (QED) is 0.351. The van der Waals surface area contributed by atoms with Gasteiger partial charge in [0.1, 0.15) is 23.7 Å². The van der Waals surface area contributed by atoms with E-state index < -0.39 is 17.7 Å². The first-order valence-corrected chi connectivity index (χ1v) is 12.2. The first-order chi connectivity index (χ1) is 18.3. The highest BCUT2D eigenvalue weighted by Gasteiger charge is 2.23. The summed E-state index contributed by atoms with van der Waals surface area (Å²) >= 11 is 6.05. The lowest BCUT2D eigenvalue weighted by Crippen LogP contribution is -2.31. The summed E-state index contributed by atoms with van der Waals surface area (Å²) in [6.45, 7) is 4.41. The third kappa shape index (κ3) is 7.14. The Labute approximate surface area is 224 Å². The SMILES string of the molecule is C=C1/C=C(O)\C=C/CNC=C1CC(=O)N[C@H](Cc1cc(F)cc(F)c1)c1ncncc1-c1ccc(Cl)cc1. The lowest BCUT2D eigenvalue weighted by atomic mass is 9.96. The van der Waals surface area contributed by atoms with Crippen LogP contribution in [0.2, 0.25) is 5.02 Å². The number of allylic oxidation sites excluding steroid dienone is 3. The van der Waals surface area contributed by atoms with Crippen LogP contribution in [0.3, 0.4) is 0 Å². The largest absolute Gasteiger partial charge is 0.508 e. The van der Waals surface area contributed by atoms with Crippen LogP contribution >= 0.6 is 11.6 Å². The van der Waals surface area contributed by atoms with Gasteiger partial charge in [0, 0.05) is 35.6 Å². The number of hydrogen-bond acceptors (Lipinski definition) is 5. The van der Waals surface area contributed by atoms with Gasteiger partial charge in [0.05, 0.1) is 18.2 Å². The predicted octanol–water partition coefficient (Wildman–Crippen LogP) is 5.91. The lowest BCUT2D eigenvalue weighted by Gasteiger charge is -2.22. The summed E-state index contributed by atoms with van der Waals surface area (Å²) in [6, 6.07) is 9.54. The molecule has 0 saturated carbocycles. The molecule has 3 aromatic rings. The van der Waals surface area contributed by atoms with Gasteiger partial charge in [-0.3, -0.25) is 4.79 Å². The molecule has 1 aliphatic rings. The number of aromatic nitrogens is 2. The van der Waals surface area contributed by atoms with Crippen LogP contribution in [0.15, 0.2) is 103 Å². The number of carbonyl (C=O) groups excluding carboxylic acids is 1. The molecule has 0 fully saturated rings. The number of aliphatic hydroxyl groups excluding tert-OH is 1. The van der Waals surface area contributed by atoms with Crippen molar-refractivity contribution < 1.29 is 18.7 Å². The molecular formula is C29H25ClF2N4O2. The molecule has 6 nitrogen and oxygen atoms in total. The molecule has 0 aliphatic carbocycles. The fraction of sp³-hybridized carbons (Fsp3) is 0.138. The monoisotopic (exact) mass is 534 g/mol. The van der Waals surface area contributed by atoms with Crippen molar-refractivity contribution in [2.24, 2.45) is 0 Å². The van der Waals surface area contributed by atoms with Crippen molar-refractivity contribution in [3.05, 3.63) is 131 Å². The van der Waals surface area contributed by atoms with Crippen molar-refractivity contribution in [3.63, 3.8) is 0 Å². The van der Waals surface area contributed by atoms with Crippen molar-refractivity contribution in [1.29, 1.82) is 0 Å². The van der Waals surface area contributed by atoms with Gasteiger partial charge >= 0.3 is 0 Å². The average molecular weight is 535 g/mol. The van der Waals surface area contributed by atoms with Crippen LogP contribution in [0.25, 0.3) is 11.1 Å². The maximum atomic E-state index is 14.0. The van der Waals surface area contributed by atoms with E-state index in [1.54, 1.807) is 42.7 Å². The van der Waals surface area contributed by atoms with E-state index in [2.05, 4.69) is 27.2 Å². The number of carbonyl (C=O) groups is 1. The maximum Gasteiger partial charge on any atom is 0.225 e. The van der Waals surface area contributed by atoms with Gasteiger partial charge < -0.3 is 15.7 Å². The number of halogens is 3. The van der Waals surface area contributed by atoms with Crippen LogP contribution < -0.4 is 10.6 Å². The Hall–Kier alpha value is -4.30. The highest BCUT2D eigenvalue weighted by molar-refractivity contribution is 6.30. The van der Waals surface area contributed by atoms with Gasteiger partial charge in [-0.25, -0.2) is 18.7 Å². The van der Waals surface area contributed by atoms with E-state index in [4.69, 9.17) is 11.6 Å². The van der Waals surface area contributed by atoms with E-state index in [0.717, 1.165) is 11.6 Å². The molecule has 0 saturated heterocycles. The minimum Gasteiger partial charge on any atom is -0.508 e. The zero-order valence-corrected chi connectivity index (χ0v) is 21.1. The zero-order chi connectivity index (χ0) is 27.1. The predicted molar refractivity (Wildman–Crippen MR) is 143 cm³/mol. The average Bonchev–Trinajstić information content (AvgIpc) is 2.94. The van der Waals surface area contributed by atoms with Gasteiger partial charge in [-0.1, -0.05) is 36.4 Å². The smallest absolute Gasteiger partial charge is 0.225 e. The molecule has 0 spiro atoms. The molecule has 1 atom stereocenters. The highest BCUT2D eigenvalue weighted by Crippen LogP contribution is 2.30. The molecule has 2 heterocycles. The van der Waals surface area contributed by atoms with E-state index in [0.29, 0.717) is 39.5 Å². The third-order valence-electron chi connectivity index (χ3n) is 5.81. The Morgan fingerprint density at radius 3 is 2.66 bits per heavy atom. The molecular weight excluding hydrogens is 510 g/mol. The summed E-state index contributed by atoms with van der Waals surface area (Å²) in [5.41, 5.74) is 3.25. The van der Waals surface area contributed by atoms with E-state index in [9.17, 15) is 18.7 Å². The van der Waals surface area contributed by atoms with Crippen LogP contribution in [0.1, 0.15) is 23.7 Å². The summed E-state index contributed by atoms with van der Waals surface area (Å²) in [5.74, 6) is -1.79. The summed E-state index contributed by atoms with van der Waals surface area (Å²) in [7, 11) is 0. The normalized spacial score (nSPS) is 16.6. The fourth-order valence-electron chi connectivity index (χ4n) is 4.07. The molecule has 0 unspecified atom stereocenters. The van der Waals surface area contributed by atoms with Gasteiger partial charge in [0.25, 0.3) is 0 Å². The summed E-state index contributed by atoms with van der Waals surface area (Å²) < 4.78 is 28.0. The second-order valence-electron chi connectivity index (χ2n) is 8.68. The van der Waals surface area contributed by atoms with E-state index >= 15 is 0 Å². The molecule has 9 heteroatoms. The minimum absolute atomic E-state index is 0.0182. The first kappa shape index (κ1) is 26.8. The molecule has 4 rings (SSSR count). The molecule has 0 radical (unpaired) electrons. The van der Waals surface area contributed by atoms with Crippen molar-refractivity contribution in [2.75, 3.05) is 6.54 Å². The van der Waals surface area contributed by atoms with E-state index in [1.165, 1.54) is 30.6 Å². The number of rotatable bonds is 7. The number of benzene rings is 2. The standard InChI is InChI=1S/C29H25ClF2N4O2/c1-18-9-25(37)3-2-8-33-15-21(18)13-28(38)36-27(12-19-10-23(31)14-24(32)11-19)29-26(16-34-17-35-29)20-4-6-22(30)7-5-20/h2-7,9-11,14-17,27,33,37H,1,8,12-13H2,(H,36,38)/b3-2-,21-15?,25-9+/t27-/m1/s1. The first-order valence-electron chi connectivity index (χ1n) is 11.8. The second kappa shape index (κ2) is 12.3. The second-order valence-corrected chi connectivity index (χ2v) is 9.12. The van der Waals surface area contributed by atoms with Gasteiger partial charge in [-0.15, -0.1) is 0 Å². The minimum atomic E-state index is -0.749. The number of nitrogens with zero attached hydrogens (tertiary/aromatic N) is 2. The van der Waals surface area contributed by atoms with Crippen LogP contribution in [0, 0.1) is 11.6 Å². The molecule has 1 aromatic heterocycles. The number of amides is 1. The number of aliphatic hydroxyl groups is 1. The van der Waals surface area contributed by atoms with Gasteiger partial charge in [0.15, 0.2) is 0 Å². The molecule has 3 N–H and O–H groups in total. The van der Waals surface area contributed by atoms with Crippen molar-refractivity contribution in [3.8, 4) is 11.1 Å². The highest BCUT2D eigenvalue weighted by atomic mass is 35.5. The van der Waals surface area contributed by atoms with Crippen LogP contribution in [0.4, 0.5) is 8.78 Å². The van der Waals surface area contributed by atoms with Crippen molar-refractivity contribution in [2.45, 2.75) is 18.9 Å². The van der Waals surface area contributed by atoms with Crippen LogP contribution in [-0.4, -0.2) is 27.5 Å². The Morgan fingerprint density at radius 2 is 1.92 bits per heavy atom. The van der Waals surface area contributed by atoms with Crippen molar-refractivity contribution in [1.82, 2.24) is 20.6 Å². The van der Waals surface area contributed by atoms with Gasteiger partial charge in [-0.05, 0) is 65.1 Å². The topological polar surface area (TPSA) is 87.1 Å². The fourth-order valence-corrected chi connectivity index (χ4v) is 4.20. The van der Waals surface area contributed by atoms with Gasteiger partial charge in [-0.2, -0.15) is 0 Å². The van der Waals surface area contributed by atoms with E-state index in [1.807, 2.05) is 0 Å². The summed E-state index contributed by atoms with van der Waals surface area (Å²) in [6.07, 6.45) is 9.39.